The van der Waals surface area contributed by atoms with E-state index in [-0.39, 0.29) is 18.0 Å². The third-order valence-corrected chi connectivity index (χ3v) is 5.24. The fraction of sp³-hybridized carbons (Fsp3) is 0.174. The number of aryl methyl sites for hydroxylation is 2. The monoisotopic (exact) mass is 424 g/mol. The highest BCUT2D eigenvalue weighted by Gasteiger charge is 2.13. The van der Waals surface area contributed by atoms with Gasteiger partial charge in [0.2, 0.25) is 5.91 Å². The molecular formula is C23H24N2O4S. The summed E-state index contributed by atoms with van der Waals surface area (Å²) in [6, 6.07) is 24.5. The molecule has 0 spiro atoms. The van der Waals surface area contributed by atoms with Crippen molar-refractivity contribution < 1.29 is 17.8 Å². The van der Waals surface area contributed by atoms with Crippen LogP contribution in [-0.2, 0) is 34.4 Å². The van der Waals surface area contributed by atoms with E-state index < -0.39 is 10.3 Å². The lowest BCUT2D eigenvalue weighted by atomic mass is 10.0. The molecule has 3 rings (SSSR count). The largest absolute Gasteiger partial charge is 0.357 e. The van der Waals surface area contributed by atoms with Crippen LogP contribution in [0.15, 0.2) is 78.9 Å². The summed E-state index contributed by atoms with van der Waals surface area (Å²) in [6.07, 6.45) is 1.91. The summed E-state index contributed by atoms with van der Waals surface area (Å²) < 4.78 is 32.8. The average Bonchev–Trinajstić information content (AvgIpc) is 2.71. The predicted molar refractivity (Wildman–Crippen MR) is 119 cm³/mol. The van der Waals surface area contributed by atoms with Gasteiger partial charge in [-0.2, -0.15) is 8.42 Å². The summed E-state index contributed by atoms with van der Waals surface area (Å²) in [4.78, 5) is 14.3. The summed E-state index contributed by atoms with van der Waals surface area (Å²) in [5.41, 5.74) is 4.06. The van der Waals surface area contributed by atoms with Crippen LogP contribution in [0.25, 0.3) is 0 Å². The van der Waals surface area contributed by atoms with E-state index in [0.29, 0.717) is 5.56 Å². The maximum atomic E-state index is 12.7. The Bertz CT molecular complexity index is 1110. The van der Waals surface area contributed by atoms with Crippen molar-refractivity contribution in [3.63, 3.8) is 0 Å². The molecule has 0 saturated heterocycles. The second kappa shape index (κ2) is 9.56. The molecule has 6 nitrogen and oxygen atoms in total. The van der Waals surface area contributed by atoms with Gasteiger partial charge in [0.25, 0.3) is 0 Å². The lowest BCUT2D eigenvalue weighted by molar-refractivity contribution is -0.117. The zero-order chi connectivity index (χ0) is 21.6. The van der Waals surface area contributed by atoms with Gasteiger partial charge in [-0.1, -0.05) is 54.6 Å². The van der Waals surface area contributed by atoms with Gasteiger partial charge in [-0.25, -0.2) is 0 Å². The quantitative estimate of drug-likeness (QED) is 0.537. The minimum Gasteiger partial charge on any atom is -0.315 e. The van der Waals surface area contributed by atoms with E-state index in [9.17, 15) is 13.2 Å². The van der Waals surface area contributed by atoms with Crippen molar-refractivity contribution in [2.45, 2.75) is 19.3 Å². The van der Waals surface area contributed by atoms with Crippen LogP contribution in [0.4, 0.5) is 11.4 Å². The van der Waals surface area contributed by atoms with Crippen molar-refractivity contribution in [3.05, 3.63) is 95.6 Å². The molecule has 0 bridgehead atoms. The van der Waals surface area contributed by atoms with E-state index in [4.69, 9.17) is 4.55 Å². The average molecular weight is 425 g/mol. The van der Waals surface area contributed by atoms with Crippen LogP contribution >= 0.6 is 0 Å². The summed E-state index contributed by atoms with van der Waals surface area (Å²) in [5, 5.41) is 0. The van der Waals surface area contributed by atoms with Crippen LogP contribution in [0.5, 0.6) is 0 Å². The summed E-state index contributed by atoms with van der Waals surface area (Å²) in [7, 11) is -2.64. The van der Waals surface area contributed by atoms with Crippen molar-refractivity contribution >= 4 is 27.6 Å². The van der Waals surface area contributed by atoms with Gasteiger partial charge in [0.05, 0.1) is 12.1 Å². The third-order valence-electron chi connectivity index (χ3n) is 4.75. The molecule has 2 N–H and O–H groups in total. The first-order chi connectivity index (χ1) is 14.3. The van der Waals surface area contributed by atoms with Crippen molar-refractivity contribution in [2.24, 2.45) is 0 Å². The Morgan fingerprint density at radius 3 is 2.23 bits per heavy atom. The van der Waals surface area contributed by atoms with Crippen LogP contribution < -0.4 is 9.62 Å². The predicted octanol–water partition coefficient (Wildman–Crippen LogP) is 3.89. The van der Waals surface area contributed by atoms with Gasteiger partial charge in [-0.15, -0.1) is 0 Å². The van der Waals surface area contributed by atoms with Crippen LogP contribution in [0, 0.1) is 0 Å². The second-order valence-corrected chi connectivity index (χ2v) is 8.22. The SMILES string of the molecule is CN(C(=O)Cc1cccc(NS(=O)(=O)O)c1)c1cccc(CCc2ccccc2)c1. The van der Waals surface area contributed by atoms with Gasteiger partial charge >= 0.3 is 10.3 Å². The zero-order valence-corrected chi connectivity index (χ0v) is 17.5. The molecule has 0 aliphatic rings. The van der Waals surface area contributed by atoms with Crippen molar-refractivity contribution in [1.29, 1.82) is 0 Å². The van der Waals surface area contributed by atoms with E-state index >= 15 is 0 Å². The van der Waals surface area contributed by atoms with Crippen molar-refractivity contribution in [1.82, 2.24) is 0 Å². The number of anilines is 2. The molecule has 0 unspecified atom stereocenters. The molecule has 0 aliphatic heterocycles. The Labute approximate surface area is 177 Å². The van der Waals surface area contributed by atoms with Crippen LogP contribution in [0.2, 0.25) is 0 Å². The number of hydrogen-bond acceptors (Lipinski definition) is 3. The van der Waals surface area contributed by atoms with Gasteiger partial charge in [0.1, 0.15) is 0 Å². The number of nitrogens with zero attached hydrogens (tertiary/aromatic N) is 1. The summed E-state index contributed by atoms with van der Waals surface area (Å²) in [5.74, 6) is -0.126. The molecule has 7 heteroatoms. The molecule has 0 aromatic heterocycles. The first-order valence-corrected chi connectivity index (χ1v) is 11.0. The topological polar surface area (TPSA) is 86.7 Å². The number of likely N-dealkylation sites (N-methyl/N-ethyl adjacent to an activating group) is 1. The fourth-order valence-electron chi connectivity index (χ4n) is 3.18. The minimum absolute atomic E-state index is 0.103. The molecule has 30 heavy (non-hydrogen) atoms. The van der Waals surface area contributed by atoms with E-state index in [2.05, 4.69) is 18.2 Å². The molecule has 3 aromatic rings. The van der Waals surface area contributed by atoms with Crippen LogP contribution in [0.1, 0.15) is 16.7 Å². The lowest BCUT2D eigenvalue weighted by Crippen LogP contribution is -2.28. The maximum absolute atomic E-state index is 12.7. The maximum Gasteiger partial charge on any atom is 0.357 e. The van der Waals surface area contributed by atoms with Gasteiger partial charge in [0, 0.05) is 12.7 Å². The number of carbonyl (C=O) groups excluding carboxylic acids is 1. The van der Waals surface area contributed by atoms with Crippen LogP contribution in [0.3, 0.4) is 0 Å². The molecule has 0 atom stereocenters. The highest BCUT2D eigenvalue weighted by molar-refractivity contribution is 7.87. The first kappa shape index (κ1) is 21.5. The first-order valence-electron chi connectivity index (χ1n) is 9.54. The standard InChI is InChI=1S/C23H24N2O4S/c1-25(23(26)17-20-10-5-11-21(15-20)24-30(27,28)29)22-12-6-9-19(16-22)14-13-18-7-3-2-4-8-18/h2-12,15-16,24H,13-14,17H2,1H3,(H,27,28,29). The fourth-order valence-corrected chi connectivity index (χ4v) is 3.61. The van der Waals surface area contributed by atoms with Gasteiger partial charge in [-0.05, 0) is 53.8 Å². The second-order valence-electron chi connectivity index (χ2n) is 7.06. The summed E-state index contributed by atoms with van der Waals surface area (Å²) >= 11 is 0. The molecular weight excluding hydrogens is 400 g/mol. The highest BCUT2D eigenvalue weighted by Crippen LogP contribution is 2.19. The van der Waals surface area contributed by atoms with Gasteiger partial charge in [-0.3, -0.25) is 14.1 Å². The Hall–Kier alpha value is -3.16. The number of amides is 1. The smallest absolute Gasteiger partial charge is 0.315 e. The number of carbonyl (C=O) groups is 1. The van der Waals surface area contributed by atoms with Crippen molar-refractivity contribution in [3.8, 4) is 0 Å². The number of rotatable bonds is 8. The van der Waals surface area contributed by atoms with Gasteiger partial charge in [0.15, 0.2) is 0 Å². The lowest BCUT2D eigenvalue weighted by Gasteiger charge is -2.18. The minimum atomic E-state index is -4.36. The van der Waals surface area contributed by atoms with E-state index in [0.717, 1.165) is 24.1 Å². The van der Waals surface area contributed by atoms with E-state index in [1.807, 2.05) is 41.1 Å². The third kappa shape index (κ3) is 6.43. The number of hydrogen-bond donors (Lipinski definition) is 2. The van der Waals surface area contributed by atoms with E-state index in [1.54, 1.807) is 24.1 Å². The highest BCUT2D eigenvalue weighted by atomic mass is 32.2. The van der Waals surface area contributed by atoms with Gasteiger partial charge < -0.3 is 4.90 Å². The Morgan fingerprint density at radius 2 is 1.50 bits per heavy atom. The Morgan fingerprint density at radius 1 is 0.867 bits per heavy atom. The normalized spacial score (nSPS) is 11.1. The zero-order valence-electron chi connectivity index (χ0n) is 16.7. The van der Waals surface area contributed by atoms with E-state index in [1.165, 1.54) is 17.7 Å². The molecule has 156 valence electrons. The molecule has 0 aliphatic carbocycles. The van der Waals surface area contributed by atoms with Crippen molar-refractivity contribution in [2.75, 3.05) is 16.7 Å². The molecule has 0 saturated carbocycles. The molecule has 0 fully saturated rings. The number of benzene rings is 3. The Balaban J connectivity index is 1.65. The number of nitrogens with one attached hydrogen (secondary N) is 1. The van der Waals surface area contributed by atoms with Crippen LogP contribution in [-0.4, -0.2) is 25.9 Å². The molecule has 0 heterocycles. The summed E-state index contributed by atoms with van der Waals surface area (Å²) in [6.45, 7) is 0. The molecule has 1 amide bonds. The Kier molecular flexibility index (Phi) is 6.87. The molecule has 0 radical (unpaired) electrons. The molecule has 3 aromatic carbocycles.